The summed E-state index contributed by atoms with van der Waals surface area (Å²) in [5.41, 5.74) is 3.78. The van der Waals surface area contributed by atoms with E-state index in [0.29, 0.717) is 36.0 Å². The van der Waals surface area contributed by atoms with Crippen LogP contribution in [0.2, 0.25) is 0 Å². The average molecular weight is 481 g/mol. The predicted molar refractivity (Wildman–Crippen MR) is 132 cm³/mol. The van der Waals surface area contributed by atoms with Crippen molar-refractivity contribution < 1.29 is 22.7 Å². The van der Waals surface area contributed by atoms with Crippen molar-refractivity contribution in [1.82, 2.24) is 5.32 Å². The summed E-state index contributed by atoms with van der Waals surface area (Å²) in [6, 6.07) is 19.7. The second-order valence-corrected chi connectivity index (χ2v) is 10.3. The Labute approximate surface area is 200 Å². The van der Waals surface area contributed by atoms with Crippen LogP contribution in [0.15, 0.2) is 66.7 Å². The first-order chi connectivity index (χ1) is 16.2. The van der Waals surface area contributed by atoms with Crippen molar-refractivity contribution >= 4 is 21.6 Å². The molecule has 7 nitrogen and oxygen atoms in total. The van der Waals surface area contributed by atoms with Crippen LogP contribution in [0.4, 0.5) is 5.69 Å². The van der Waals surface area contributed by atoms with Gasteiger partial charge in [0.25, 0.3) is 5.91 Å². The number of hydrogen-bond donors (Lipinski definition) is 1. The third kappa shape index (κ3) is 5.51. The normalized spacial score (nSPS) is 13.7. The van der Waals surface area contributed by atoms with Crippen molar-refractivity contribution in [2.45, 2.75) is 26.4 Å². The van der Waals surface area contributed by atoms with Gasteiger partial charge in [0.2, 0.25) is 10.0 Å². The largest absolute Gasteiger partial charge is 0.486 e. The van der Waals surface area contributed by atoms with E-state index in [4.69, 9.17) is 9.47 Å². The zero-order valence-electron chi connectivity index (χ0n) is 19.4. The molecule has 178 valence electrons. The SMILES string of the molecule is Cc1cccc(N(Cc2ccc(C(=O)N[C@H](C)c3ccc4c(c3)OCCO4)cc2)S(C)(=O)=O)c1. The number of fused-ring (bicyclic) bond motifs is 1. The van der Waals surface area contributed by atoms with Gasteiger partial charge in [-0.15, -0.1) is 0 Å². The maximum absolute atomic E-state index is 12.8. The number of nitrogens with one attached hydrogen (secondary N) is 1. The molecular weight excluding hydrogens is 452 g/mol. The summed E-state index contributed by atoms with van der Waals surface area (Å²) in [6.45, 7) is 5.04. The molecule has 4 rings (SSSR count). The zero-order valence-corrected chi connectivity index (χ0v) is 20.3. The molecule has 0 bridgehead atoms. The van der Waals surface area contributed by atoms with Crippen LogP contribution in [0.5, 0.6) is 11.5 Å². The van der Waals surface area contributed by atoms with Crippen LogP contribution >= 0.6 is 0 Å². The molecule has 3 aromatic rings. The van der Waals surface area contributed by atoms with Crippen molar-refractivity contribution in [1.29, 1.82) is 0 Å². The number of nitrogens with zero attached hydrogens (tertiary/aromatic N) is 1. The molecule has 3 aromatic carbocycles. The number of carbonyl (C=O) groups excluding carboxylic acids is 1. The molecule has 8 heteroatoms. The van der Waals surface area contributed by atoms with Crippen LogP contribution in [-0.2, 0) is 16.6 Å². The molecule has 0 aliphatic carbocycles. The minimum atomic E-state index is -3.48. The Morgan fingerprint density at radius 1 is 1.00 bits per heavy atom. The molecule has 0 aromatic heterocycles. The topological polar surface area (TPSA) is 84.9 Å². The molecule has 1 aliphatic rings. The second kappa shape index (κ2) is 9.77. The quantitative estimate of drug-likeness (QED) is 0.547. The Hall–Kier alpha value is -3.52. The van der Waals surface area contributed by atoms with Gasteiger partial charge in [0, 0.05) is 5.56 Å². The van der Waals surface area contributed by atoms with Crippen LogP contribution < -0.4 is 19.1 Å². The maximum atomic E-state index is 12.8. The highest BCUT2D eigenvalue weighted by Gasteiger charge is 2.19. The lowest BCUT2D eigenvalue weighted by Crippen LogP contribution is -2.29. The van der Waals surface area contributed by atoms with Gasteiger partial charge in [-0.05, 0) is 66.9 Å². The average Bonchev–Trinajstić information content (AvgIpc) is 2.81. The number of ether oxygens (including phenoxy) is 2. The Morgan fingerprint density at radius 2 is 1.71 bits per heavy atom. The molecule has 0 radical (unpaired) electrons. The van der Waals surface area contributed by atoms with Gasteiger partial charge in [0.05, 0.1) is 24.5 Å². The smallest absolute Gasteiger partial charge is 0.251 e. The third-order valence-electron chi connectivity index (χ3n) is 5.65. The summed E-state index contributed by atoms with van der Waals surface area (Å²) >= 11 is 0. The fourth-order valence-corrected chi connectivity index (χ4v) is 4.68. The highest BCUT2D eigenvalue weighted by Crippen LogP contribution is 2.32. The maximum Gasteiger partial charge on any atom is 0.251 e. The van der Waals surface area contributed by atoms with Gasteiger partial charge in [-0.25, -0.2) is 8.42 Å². The van der Waals surface area contributed by atoms with Gasteiger partial charge >= 0.3 is 0 Å². The Kier molecular flexibility index (Phi) is 6.79. The van der Waals surface area contributed by atoms with E-state index in [-0.39, 0.29) is 18.5 Å². The first-order valence-corrected chi connectivity index (χ1v) is 12.9. The van der Waals surface area contributed by atoms with Crippen LogP contribution in [0.3, 0.4) is 0 Å². The first kappa shape index (κ1) is 23.6. The van der Waals surface area contributed by atoms with Crippen molar-refractivity contribution in [2.24, 2.45) is 0 Å². The molecule has 1 heterocycles. The van der Waals surface area contributed by atoms with Crippen molar-refractivity contribution in [3.63, 3.8) is 0 Å². The Balaban J connectivity index is 1.44. The molecule has 0 spiro atoms. The van der Waals surface area contributed by atoms with Gasteiger partial charge < -0.3 is 14.8 Å². The van der Waals surface area contributed by atoms with Crippen LogP contribution in [0, 0.1) is 6.92 Å². The lowest BCUT2D eigenvalue weighted by Gasteiger charge is -2.23. The monoisotopic (exact) mass is 480 g/mol. The number of benzene rings is 3. The van der Waals surface area contributed by atoms with Crippen molar-refractivity contribution in [2.75, 3.05) is 23.8 Å². The van der Waals surface area contributed by atoms with E-state index in [1.165, 1.54) is 10.6 Å². The molecule has 0 unspecified atom stereocenters. The molecular formula is C26H28N2O5S. The van der Waals surface area contributed by atoms with Crippen LogP contribution in [-0.4, -0.2) is 33.8 Å². The van der Waals surface area contributed by atoms with Gasteiger partial charge in [-0.1, -0.05) is 30.3 Å². The van der Waals surface area contributed by atoms with Gasteiger partial charge in [0.15, 0.2) is 11.5 Å². The lowest BCUT2D eigenvalue weighted by molar-refractivity contribution is 0.0939. The number of carbonyl (C=O) groups is 1. The Bertz CT molecular complexity index is 1290. The molecule has 1 N–H and O–H groups in total. The summed E-state index contributed by atoms with van der Waals surface area (Å²) in [6.07, 6.45) is 1.19. The summed E-state index contributed by atoms with van der Waals surface area (Å²) in [4.78, 5) is 12.8. The van der Waals surface area contributed by atoms with Crippen molar-refractivity contribution in [3.05, 3.63) is 89.0 Å². The molecule has 1 amide bonds. The van der Waals surface area contributed by atoms with Crippen LogP contribution in [0.1, 0.15) is 40.0 Å². The van der Waals surface area contributed by atoms with Gasteiger partial charge in [0.1, 0.15) is 13.2 Å². The van der Waals surface area contributed by atoms with Crippen molar-refractivity contribution in [3.8, 4) is 11.5 Å². The minimum Gasteiger partial charge on any atom is -0.486 e. The van der Waals surface area contributed by atoms with E-state index < -0.39 is 10.0 Å². The Morgan fingerprint density at radius 3 is 2.38 bits per heavy atom. The molecule has 34 heavy (non-hydrogen) atoms. The van der Waals surface area contributed by atoms with Gasteiger partial charge in [-0.2, -0.15) is 0 Å². The number of sulfonamides is 1. The van der Waals surface area contributed by atoms with Crippen LogP contribution in [0.25, 0.3) is 0 Å². The van der Waals surface area contributed by atoms with E-state index in [9.17, 15) is 13.2 Å². The van der Waals surface area contributed by atoms with E-state index in [0.717, 1.165) is 16.7 Å². The first-order valence-electron chi connectivity index (χ1n) is 11.0. The number of amides is 1. The second-order valence-electron chi connectivity index (χ2n) is 8.40. The third-order valence-corrected chi connectivity index (χ3v) is 6.79. The molecule has 1 atom stereocenters. The molecule has 1 aliphatic heterocycles. The summed E-state index contributed by atoms with van der Waals surface area (Å²) in [7, 11) is -3.48. The fourth-order valence-electron chi connectivity index (χ4n) is 3.80. The number of rotatable bonds is 7. The van der Waals surface area contributed by atoms with E-state index in [2.05, 4.69) is 5.32 Å². The lowest BCUT2D eigenvalue weighted by atomic mass is 10.1. The van der Waals surface area contributed by atoms with E-state index in [1.54, 1.807) is 30.3 Å². The number of hydrogen-bond acceptors (Lipinski definition) is 5. The fraction of sp³-hybridized carbons (Fsp3) is 0.269. The zero-order chi connectivity index (χ0) is 24.3. The predicted octanol–water partition coefficient (Wildman–Crippen LogP) is 4.22. The summed E-state index contributed by atoms with van der Waals surface area (Å²) < 4.78 is 37.4. The van der Waals surface area contributed by atoms with Gasteiger partial charge in [-0.3, -0.25) is 9.10 Å². The summed E-state index contributed by atoms with van der Waals surface area (Å²) in [5, 5.41) is 2.99. The summed E-state index contributed by atoms with van der Waals surface area (Å²) in [5.74, 6) is 1.17. The minimum absolute atomic E-state index is 0.178. The highest BCUT2D eigenvalue weighted by molar-refractivity contribution is 7.92. The van der Waals surface area contributed by atoms with E-state index >= 15 is 0 Å². The highest BCUT2D eigenvalue weighted by atomic mass is 32.2. The molecule has 0 saturated heterocycles. The molecule has 0 fully saturated rings. The standard InChI is InChI=1S/C26H28N2O5S/c1-18-5-4-6-23(15-18)28(34(3,30)31)17-20-7-9-21(10-8-20)26(29)27-19(2)22-11-12-24-25(16-22)33-14-13-32-24/h4-12,15-16,19H,13-14,17H2,1-3H3,(H,27,29)/t19-/m1/s1. The number of aryl methyl sites for hydroxylation is 1. The van der Waals surface area contributed by atoms with E-state index in [1.807, 2.05) is 50.2 Å². The number of anilines is 1. The molecule has 0 saturated carbocycles.